The zero-order chi connectivity index (χ0) is 21.2. The Morgan fingerprint density at radius 3 is 2.41 bits per heavy atom. The summed E-state index contributed by atoms with van der Waals surface area (Å²) in [6.45, 7) is 5.31. The number of benzene rings is 2. The third kappa shape index (κ3) is 6.19. The lowest BCUT2D eigenvalue weighted by molar-refractivity contribution is 0.0953. The standard InChI is InChI=1S/C22H28ClNO5/c1-5-11-29-21-17(23)13-16(14-20(21)28-6-2)22(25)24-10-9-15-7-8-18(26-3)19(12-15)27-4/h7-8,12-14H,5-6,9-11H2,1-4H3,(H,24,25). The lowest BCUT2D eigenvalue weighted by atomic mass is 10.1. The molecule has 0 aliphatic rings. The van der Waals surface area contributed by atoms with Gasteiger partial charge in [0.2, 0.25) is 0 Å². The first-order valence-electron chi connectivity index (χ1n) is 9.62. The second-order valence-corrected chi connectivity index (χ2v) is 6.67. The van der Waals surface area contributed by atoms with Crippen LogP contribution in [0.5, 0.6) is 23.0 Å². The number of halogens is 1. The molecular weight excluding hydrogens is 394 g/mol. The zero-order valence-corrected chi connectivity index (χ0v) is 18.1. The number of carbonyl (C=O) groups is 1. The molecule has 0 fully saturated rings. The molecule has 1 N–H and O–H groups in total. The first kappa shape index (κ1) is 22.7. The van der Waals surface area contributed by atoms with E-state index in [1.165, 1.54) is 0 Å². The van der Waals surface area contributed by atoms with E-state index in [0.717, 1.165) is 12.0 Å². The van der Waals surface area contributed by atoms with Crippen LogP contribution in [0.3, 0.4) is 0 Å². The molecule has 0 atom stereocenters. The average Bonchev–Trinajstić information content (AvgIpc) is 2.73. The van der Waals surface area contributed by atoms with E-state index < -0.39 is 0 Å². The summed E-state index contributed by atoms with van der Waals surface area (Å²) in [5.74, 6) is 2.04. The number of rotatable bonds is 11. The maximum atomic E-state index is 12.6. The van der Waals surface area contributed by atoms with Crippen LogP contribution in [-0.2, 0) is 6.42 Å². The Balaban J connectivity index is 2.05. The Morgan fingerprint density at radius 1 is 1.00 bits per heavy atom. The summed E-state index contributed by atoms with van der Waals surface area (Å²) in [5.41, 5.74) is 1.45. The maximum absolute atomic E-state index is 12.6. The van der Waals surface area contributed by atoms with E-state index in [1.54, 1.807) is 26.4 Å². The highest BCUT2D eigenvalue weighted by atomic mass is 35.5. The van der Waals surface area contributed by atoms with Gasteiger partial charge in [-0.15, -0.1) is 0 Å². The summed E-state index contributed by atoms with van der Waals surface area (Å²) in [6.07, 6.45) is 1.50. The number of ether oxygens (including phenoxy) is 4. The van der Waals surface area contributed by atoms with Crippen molar-refractivity contribution in [1.29, 1.82) is 0 Å². The van der Waals surface area contributed by atoms with E-state index in [-0.39, 0.29) is 5.91 Å². The van der Waals surface area contributed by atoms with E-state index >= 15 is 0 Å². The van der Waals surface area contributed by atoms with Gasteiger partial charge in [0.05, 0.1) is 32.5 Å². The van der Waals surface area contributed by atoms with Crippen molar-refractivity contribution in [2.24, 2.45) is 0 Å². The summed E-state index contributed by atoms with van der Waals surface area (Å²) < 4.78 is 21.8. The van der Waals surface area contributed by atoms with Crippen molar-refractivity contribution in [3.05, 3.63) is 46.5 Å². The van der Waals surface area contributed by atoms with E-state index in [1.807, 2.05) is 32.0 Å². The highest BCUT2D eigenvalue weighted by Gasteiger charge is 2.16. The largest absolute Gasteiger partial charge is 0.493 e. The van der Waals surface area contributed by atoms with Gasteiger partial charge in [-0.3, -0.25) is 4.79 Å². The molecule has 7 heteroatoms. The normalized spacial score (nSPS) is 10.4. The second kappa shape index (κ2) is 11.4. The number of hydrogen-bond acceptors (Lipinski definition) is 5. The predicted octanol–water partition coefficient (Wildman–Crippen LogP) is 4.52. The summed E-state index contributed by atoms with van der Waals surface area (Å²) in [4.78, 5) is 12.6. The summed E-state index contributed by atoms with van der Waals surface area (Å²) in [6, 6.07) is 8.94. The Bertz CT molecular complexity index is 825. The van der Waals surface area contributed by atoms with Crippen molar-refractivity contribution in [1.82, 2.24) is 5.32 Å². The van der Waals surface area contributed by atoms with E-state index in [2.05, 4.69) is 5.32 Å². The number of carbonyl (C=O) groups excluding carboxylic acids is 1. The lowest BCUT2D eigenvalue weighted by Gasteiger charge is -2.15. The molecule has 0 unspecified atom stereocenters. The Kier molecular flexibility index (Phi) is 8.93. The molecule has 0 saturated carbocycles. The van der Waals surface area contributed by atoms with Crippen molar-refractivity contribution in [3.8, 4) is 23.0 Å². The molecule has 0 aliphatic heterocycles. The summed E-state index contributed by atoms with van der Waals surface area (Å²) in [5, 5.41) is 3.26. The van der Waals surface area contributed by atoms with Gasteiger partial charge in [-0.25, -0.2) is 0 Å². The molecule has 2 aromatic carbocycles. The topological polar surface area (TPSA) is 66.0 Å². The molecule has 0 spiro atoms. The van der Waals surface area contributed by atoms with Gasteiger partial charge in [0.25, 0.3) is 5.91 Å². The fourth-order valence-electron chi connectivity index (χ4n) is 2.76. The number of nitrogens with one attached hydrogen (secondary N) is 1. The fourth-order valence-corrected chi connectivity index (χ4v) is 3.03. The molecule has 1 amide bonds. The smallest absolute Gasteiger partial charge is 0.251 e. The highest BCUT2D eigenvalue weighted by molar-refractivity contribution is 6.32. The molecule has 6 nitrogen and oxygen atoms in total. The molecule has 0 heterocycles. The number of hydrogen-bond donors (Lipinski definition) is 1. The third-order valence-corrected chi connectivity index (χ3v) is 4.45. The maximum Gasteiger partial charge on any atom is 0.251 e. The molecule has 0 aromatic heterocycles. The molecule has 0 saturated heterocycles. The van der Waals surface area contributed by atoms with Crippen LogP contribution in [0.4, 0.5) is 0 Å². The molecule has 2 rings (SSSR count). The Morgan fingerprint density at radius 2 is 1.76 bits per heavy atom. The molecular formula is C22H28ClNO5. The van der Waals surface area contributed by atoms with Crippen LogP contribution in [0, 0.1) is 0 Å². The molecule has 158 valence electrons. The van der Waals surface area contributed by atoms with Crippen molar-refractivity contribution < 1.29 is 23.7 Å². The second-order valence-electron chi connectivity index (χ2n) is 6.26. The predicted molar refractivity (Wildman–Crippen MR) is 114 cm³/mol. The monoisotopic (exact) mass is 421 g/mol. The third-order valence-electron chi connectivity index (χ3n) is 4.17. The van der Waals surface area contributed by atoms with Crippen LogP contribution in [0.15, 0.2) is 30.3 Å². The highest BCUT2D eigenvalue weighted by Crippen LogP contribution is 2.37. The minimum atomic E-state index is -0.227. The van der Waals surface area contributed by atoms with Gasteiger partial charge in [0.15, 0.2) is 23.0 Å². The molecule has 0 bridgehead atoms. The first-order valence-corrected chi connectivity index (χ1v) is 10.00. The quantitative estimate of drug-likeness (QED) is 0.578. The van der Waals surface area contributed by atoms with Gasteiger partial charge in [0, 0.05) is 12.1 Å². The van der Waals surface area contributed by atoms with E-state index in [4.69, 9.17) is 30.5 Å². The van der Waals surface area contributed by atoms with Crippen LogP contribution in [0.25, 0.3) is 0 Å². The van der Waals surface area contributed by atoms with Crippen LogP contribution >= 0.6 is 11.6 Å². The minimum Gasteiger partial charge on any atom is -0.493 e. The fraction of sp³-hybridized carbons (Fsp3) is 0.409. The van der Waals surface area contributed by atoms with Crippen molar-refractivity contribution in [2.75, 3.05) is 34.0 Å². The van der Waals surface area contributed by atoms with Crippen LogP contribution in [-0.4, -0.2) is 39.9 Å². The lowest BCUT2D eigenvalue weighted by Crippen LogP contribution is -2.25. The van der Waals surface area contributed by atoms with Gasteiger partial charge >= 0.3 is 0 Å². The Labute approximate surface area is 177 Å². The first-order chi connectivity index (χ1) is 14.0. The van der Waals surface area contributed by atoms with Crippen LogP contribution < -0.4 is 24.3 Å². The van der Waals surface area contributed by atoms with Crippen molar-refractivity contribution in [3.63, 3.8) is 0 Å². The van der Waals surface area contributed by atoms with Gasteiger partial charge in [-0.1, -0.05) is 24.6 Å². The van der Waals surface area contributed by atoms with Gasteiger partial charge in [0.1, 0.15) is 0 Å². The number of methoxy groups -OCH3 is 2. The van der Waals surface area contributed by atoms with Gasteiger partial charge in [-0.2, -0.15) is 0 Å². The summed E-state index contributed by atoms with van der Waals surface area (Å²) in [7, 11) is 3.19. The molecule has 0 aliphatic carbocycles. The van der Waals surface area contributed by atoms with Crippen LogP contribution in [0.1, 0.15) is 36.2 Å². The minimum absolute atomic E-state index is 0.227. The average molecular weight is 422 g/mol. The zero-order valence-electron chi connectivity index (χ0n) is 17.3. The van der Waals surface area contributed by atoms with Crippen LogP contribution in [0.2, 0.25) is 5.02 Å². The molecule has 29 heavy (non-hydrogen) atoms. The van der Waals surface area contributed by atoms with E-state index in [0.29, 0.717) is 59.8 Å². The van der Waals surface area contributed by atoms with Crippen molar-refractivity contribution in [2.45, 2.75) is 26.7 Å². The van der Waals surface area contributed by atoms with Crippen molar-refractivity contribution >= 4 is 17.5 Å². The molecule has 2 aromatic rings. The summed E-state index contributed by atoms with van der Waals surface area (Å²) >= 11 is 6.33. The van der Waals surface area contributed by atoms with Gasteiger partial charge < -0.3 is 24.3 Å². The SMILES string of the molecule is CCCOc1c(Cl)cc(C(=O)NCCc2ccc(OC)c(OC)c2)cc1OCC. The Hall–Kier alpha value is -2.60. The van der Waals surface area contributed by atoms with Gasteiger partial charge in [-0.05, 0) is 49.6 Å². The molecule has 0 radical (unpaired) electrons. The number of amides is 1. The van der Waals surface area contributed by atoms with E-state index in [9.17, 15) is 4.79 Å².